The molecule has 0 bridgehead atoms. The second-order valence-corrected chi connectivity index (χ2v) is 10.6. The van der Waals surface area contributed by atoms with E-state index in [4.69, 9.17) is 0 Å². The van der Waals surface area contributed by atoms with Crippen LogP contribution in [-0.4, -0.2) is 42.5 Å². The smallest absolute Gasteiger partial charge is 0.273 e. The van der Waals surface area contributed by atoms with Crippen molar-refractivity contribution in [2.45, 2.75) is 23.0 Å². The molecular formula is C21H17FN2O3S2. The summed E-state index contributed by atoms with van der Waals surface area (Å²) in [6.07, 6.45) is 0. The Morgan fingerprint density at radius 2 is 1.86 bits per heavy atom. The molecule has 3 aromatic rings. The van der Waals surface area contributed by atoms with E-state index in [1.54, 1.807) is 34.5 Å². The summed E-state index contributed by atoms with van der Waals surface area (Å²) in [6.45, 7) is 2.35. The van der Waals surface area contributed by atoms with Crippen LogP contribution in [0.25, 0.3) is 11.1 Å². The summed E-state index contributed by atoms with van der Waals surface area (Å²) in [5.74, 6) is -0.811. The van der Waals surface area contributed by atoms with Crippen molar-refractivity contribution in [1.29, 1.82) is 0 Å². The predicted molar refractivity (Wildman–Crippen MR) is 108 cm³/mol. The Kier molecular flexibility index (Phi) is 4.11. The molecule has 3 heterocycles. The first-order valence-corrected chi connectivity index (χ1v) is 11.6. The number of benzene rings is 2. The number of hydrogen-bond acceptors (Lipinski definition) is 5. The number of carbonyl (C=O) groups is 1. The largest absolute Gasteiger partial charge is 0.335 e. The Balaban J connectivity index is 1.51. The Hall–Kier alpha value is -2.58. The molecule has 29 heavy (non-hydrogen) atoms. The van der Waals surface area contributed by atoms with Gasteiger partial charge in [0.1, 0.15) is 11.5 Å². The number of sulfone groups is 1. The van der Waals surface area contributed by atoms with Crippen LogP contribution in [0.15, 0.2) is 52.7 Å². The zero-order chi connectivity index (χ0) is 20.3. The Labute approximate surface area is 171 Å². The Bertz CT molecular complexity index is 1240. The van der Waals surface area contributed by atoms with Crippen LogP contribution in [0.2, 0.25) is 0 Å². The molecule has 0 unspecified atom stereocenters. The molecule has 0 saturated carbocycles. The number of hydrogen-bond donors (Lipinski definition) is 0. The molecule has 2 atom stereocenters. The van der Waals surface area contributed by atoms with Gasteiger partial charge in [0.2, 0.25) is 0 Å². The van der Waals surface area contributed by atoms with Gasteiger partial charge in [-0.2, -0.15) is 0 Å². The van der Waals surface area contributed by atoms with Gasteiger partial charge in [-0.25, -0.2) is 17.8 Å². The average Bonchev–Trinajstić information content (AvgIpc) is 3.38. The SMILES string of the molecule is Cc1nc(C(=O)N2C[C@H]3c4cc(-c5ccc(F)cc5)ccc4S(=O)(=O)[C@H]3C2)cs1. The van der Waals surface area contributed by atoms with Crippen molar-refractivity contribution in [3.63, 3.8) is 0 Å². The second kappa shape index (κ2) is 6.47. The minimum Gasteiger partial charge on any atom is -0.335 e. The van der Waals surface area contributed by atoms with Crippen LogP contribution in [0.5, 0.6) is 0 Å². The number of carbonyl (C=O) groups excluding carboxylic acids is 1. The van der Waals surface area contributed by atoms with Gasteiger partial charge in [-0.1, -0.05) is 18.2 Å². The van der Waals surface area contributed by atoms with Crippen LogP contribution < -0.4 is 0 Å². The summed E-state index contributed by atoms with van der Waals surface area (Å²) in [5, 5.41) is 1.88. The molecule has 0 spiro atoms. The lowest BCUT2D eigenvalue weighted by Gasteiger charge is -2.17. The highest BCUT2D eigenvalue weighted by molar-refractivity contribution is 7.92. The van der Waals surface area contributed by atoms with Crippen LogP contribution in [0.4, 0.5) is 4.39 Å². The molecule has 1 amide bonds. The quantitative estimate of drug-likeness (QED) is 0.625. The Morgan fingerprint density at radius 1 is 1.14 bits per heavy atom. The number of fused-ring (bicyclic) bond motifs is 3. The summed E-state index contributed by atoms with van der Waals surface area (Å²) in [7, 11) is -3.50. The van der Waals surface area contributed by atoms with Crippen molar-refractivity contribution < 1.29 is 17.6 Å². The van der Waals surface area contributed by atoms with E-state index < -0.39 is 15.1 Å². The van der Waals surface area contributed by atoms with Gasteiger partial charge >= 0.3 is 0 Å². The van der Waals surface area contributed by atoms with Crippen molar-refractivity contribution in [2.24, 2.45) is 0 Å². The molecule has 8 heteroatoms. The van der Waals surface area contributed by atoms with E-state index in [9.17, 15) is 17.6 Å². The highest BCUT2D eigenvalue weighted by Gasteiger charge is 2.51. The maximum absolute atomic E-state index is 13.2. The van der Waals surface area contributed by atoms with Gasteiger partial charge in [0.05, 0.1) is 15.2 Å². The van der Waals surface area contributed by atoms with Crippen molar-refractivity contribution in [2.75, 3.05) is 13.1 Å². The highest BCUT2D eigenvalue weighted by Crippen LogP contribution is 2.46. The number of amides is 1. The molecular weight excluding hydrogens is 411 g/mol. The van der Waals surface area contributed by atoms with Crippen molar-refractivity contribution in [1.82, 2.24) is 9.88 Å². The third kappa shape index (κ3) is 2.89. The molecule has 2 aliphatic heterocycles. The van der Waals surface area contributed by atoms with E-state index in [2.05, 4.69) is 4.98 Å². The molecule has 1 fully saturated rings. The number of likely N-dealkylation sites (tertiary alicyclic amines) is 1. The first kappa shape index (κ1) is 18.4. The van der Waals surface area contributed by atoms with Gasteiger partial charge < -0.3 is 4.90 Å². The van der Waals surface area contributed by atoms with Gasteiger partial charge in [0.25, 0.3) is 5.91 Å². The summed E-state index contributed by atoms with van der Waals surface area (Å²) in [6, 6.07) is 11.4. The third-order valence-corrected chi connectivity index (χ3v) is 8.72. The van der Waals surface area contributed by atoms with E-state index in [-0.39, 0.29) is 24.2 Å². The third-order valence-electron chi connectivity index (χ3n) is 5.68. The van der Waals surface area contributed by atoms with Crippen molar-refractivity contribution in [3.05, 3.63) is 69.9 Å². The van der Waals surface area contributed by atoms with E-state index in [1.165, 1.54) is 23.5 Å². The van der Waals surface area contributed by atoms with Gasteiger partial charge in [0.15, 0.2) is 9.84 Å². The molecule has 5 nitrogen and oxygen atoms in total. The lowest BCUT2D eigenvalue weighted by molar-refractivity contribution is 0.0785. The van der Waals surface area contributed by atoms with Crippen LogP contribution in [0.3, 0.4) is 0 Å². The normalized spacial score (nSPS) is 21.8. The van der Waals surface area contributed by atoms with Crippen LogP contribution in [-0.2, 0) is 9.84 Å². The highest BCUT2D eigenvalue weighted by atomic mass is 32.2. The molecule has 0 N–H and O–H groups in total. The fourth-order valence-corrected chi connectivity index (χ4v) is 7.01. The molecule has 1 saturated heterocycles. The number of aryl methyl sites for hydroxylation is 1. The van der Waals surface area contributed by atoms with Crippen molar-refractivity contribution >= 4 is 27.1 Å². The number of aromatic nitrogens is 1. The summed E-state index contributed by atoms with van der Waals surface area (Å²) >= 11 is 1.40. The lowest BCUT2D eigenvalue weighted by Crippen LogP contribution is -2.31. The van der Waals surface area contributed by atoms with Gasteiger partial charge in [-0.05, 0) is 47.9 Å². The minimum absolute atomic E-state index is 0.170. The van der Waals surface area contributed by atoms with Crippen LogP contribution in [0, 0.1) is 12.7 Å². The lowest BCUT2D eigenvalue weighted by atomic mass is 9.94. The van der Waals surface area contributed by atoms with Gasteiger partial charge in [-0.15, -0.1) is 11.3 Å². The number of halogens is 1. The second-order valence-electron chi connectivity index (χ2n) is 7.41. The summed E-state index contributed by atoms with van der Waals surface area (Å²) in [4.78, 5) is 18.9. The molecule has 5 rings (SSSR count). The first-order valence-electron chi connectivity index (χ1n) is 9.20. The zero-order valence-electron chi connectivity index (χ0n) is 15.5. The summed E-state index contributed by atoms with van der Waals surface area (Å²) < 4.78 is 39.4. The van der Waals surface area contributed by atoms with Gasteiger partial charge in [0, 0.05) is 24.4 Å². The average molecular weight is 429 g/mol. The predicted octanol–water partition coefficient (Wildman–Crippen LogP) is 3.65. The number of thiazole rings is 1. The molecule has 148 valence electrons. The Morgan fingerprint density at radius 3 is 2.55 bits per heavy atom. The van der Waals surface area contributed by atoms with Crippen LogP contribution >= 0.6 is 11.3 Å². The minimum atomic E-state index is -3.50. The molecule has 0 aliphatic carbocycles. The van der Waals surface area contributed by atoms with E-state index in [1.807, 2.05) is 13.0 Å². The van der Waals surface area contributed by atoms with E-state index >= 15 is 0 Å². The molecule has 0 radical (unpaired) electrons. The molecule has 2 aromatic carbocycles. The monoisotopic (exact) mass is 428 g/mol. The van der Waals surface area contributed by atoms with Crippen LogP contribution in [0.1, 0.15) is 27.0 Å². The number of nitrogens with zero attached hydrogens (tertiary/aromatic N) is 2. The number of rotatable bonds is 2. The van der Waals surface area contributed by atoms with E-state index in [0.29, 0.717) is 17.1 Å². The summed E-state index contributed by atoms with van der Waals surface area (Å²) in [5.41, 5.74) is 2.75. The zero-order valence-corrected chi connectivity index (χ0v) is 17.1. The van der Waals surface area contributed by atoms with E-state index in [0.717, 1.165) is 21.7 Å². The first-order chi connectivity index (χ1) is 13.8. The topological polar surface area (TPSA) is 67.3 Å². The molecule has 2 aliphatic rings. The fraction of sp³-hybridized carbons (Fsp3) is 0.238. The van der Waals surface area contributed by atoms with Crippen molar-refractivity contribution in [3.8, 4) is 11.1 Å². The standard InChI is InChI=1S/C21H17FN2O3S2/c1-12-23-18(11-28-12)21(25)24-9-17-16-8-14(13-2-5-15(22)6-3-13)4-7-19(16)29(26,27)20(17)10-24/h2-8,11,17,20H,9-10H2,1H3/t17-,20-/m0/s1. The van der Waals surface area contributed by atoms with Gasteiger partial charge in [-0.3, -0.25) is 4.79 Å². The maximum atomic E-state index is 13.2. The fourth-order valence-electron chi connectivity index (χ4n) is 4.26. The maximum Gasteiger partial charge on any atom is 0.273 e. The molecule has 1 aromatic heterocycles.